The number of esters is 4. The van der Waals surface area contributed by atoms with E-state index in [0.717, 1.165) is 22.3 Å². The van der Waals surface area contributed by atoms with Gasteiger partial charge in [0.25, 0.3) is 0 Å². The molecule has 0 N–H and O–H groups in total. The maximum Gasteiger partial charge on any atom is 0.338 e. The SMILES string of the molecule is CCOC(=O)c1ccc(CC(c2ccc(C(=O)OCC)cc2)(c2ccc(C(=O)OCC)cc2)c2ccc(C(=O)OCC)cc2)cc1. The first-order chi connectivity index (χ1) is 22.3. The van der Waals surface area contributed by atoms with Crippen molar-refractivity contribution in [3.63, 3.8) is 0 Å². The lowest BCUT2D eigenvalue weighted by Gasteiger charge is -2.37. The first-order valence-corrected chi connectivity index (χ1v) is 15.4. The Hall–Kier alpha value is -5.24. The van der Waals surface area contributed by atoms with Gasteiger partial charge in [0.05, 0.1) is 48.7 Å². The summed E-state index contributed by atoms with van der Waals surface area (Å²) in [5.74, 6) is -1.68. The van der Waals surface area contributed by atoms with Crippen LogP contribution in [0, 0.1) is 0 Å². The Labute approximate surface area is 269 Å². The van der Waals surface area contributed by atoms with Crippen LogP contribution in [0.4, 0.5) is 0 Å². The quantitative estimate of drug-likeness (QED) is 0.0895. The van der Waals surface area contributed by atoms with E-state index in [4.69, 9.17) is 18.9 Å². The summed E-state index contributed by atoms with van der Waals surface area (Å²) in [6.07, 6.45) is 0.423. The third-order valence-corrected chi connectivity index (χ3v) is 7.60. The van der Waals surface area contributed by atoms with Gasteiger partial charge in [-0.1, -0.05) is 48.5 Å². The van der Waals surface area contributed by atoms with Crippen LogP contribution in [0.2, 0.25) is 0 Å². The number of hydrogen-bond donors (Lipinski definition) is 0. The van der Waals surface area contributed by atoms with E-state index < -0.39 is 29.3 Å². The zero-order chi connectivity index (χ0) is 33.1. The Morgan fingerprint density at radius 2 is 0.652 bits per heavy atom. The van der Waals surface area contributed by atoms with E-state index in [-0.39, 0.29) is 26.4 Å². The fourth-order valence-electron chi connectivity index (χ4n) is 5.40. The van der Waals surface area contributed by atoms with Gasteiger partial charge in [-0.3, -0.25) is 0 Å². The summed E-state index contributed by atoms with van der Waals surface area (Å²) in [5.41, 5.74) is 4.25. The van der Waals surface area contributed by atoms with Crippen molar-refractivity contribution in [1.29, 1.82) is 0 Å². The molecule has 0 aliphatic rings. The lowest BCUT2D eigenvalue weighted by molar-refractivity contribution is 0.0516. The minimum Gasteiger partial charge on any atom is -0.462 e. The minimum atomic E-state index is -0.876. The highest BCUT2D eigenvalue weighted by molar-refractivity contribution is 5.91. The van der Waals surface area contributed by atoms with Crippen LogP contribution in [0.1, 0.15) is 91.4 Å². The molecule has 4 rings (SSSR count). The van der Waals surface area contributed by atoms with Crippen LogP contribution in [0.5, 0.6) is 0 Å². The van der Waals surface area contributed by atoms with E-state index in [0.29, 0.717) is 28.7 Å². The molecule has 0 unspecified atom stereocenters. The Morgan fingerprint density at radius 3 is 0.891 bits per heavy atom. The molecule has 8 nitrogen and oxygen atoms in total. The van der Waals surface area contributed by atoms with Crippen molar-refractivity contribution in [2.75, 3.05) is 26.4 Å². The summed E-state index contributed by atoms with van der Waals surface area (Å²) in [5, 5.41) is 0. The number of ether oxygens (including phenoxy) is 4. The molecule has 0 radical (unpaired) electrons. The second-order valence-corrected chi connectivity index (χ2v) is 10.4. The van der Waals surface area contributed by atoms with Crippen molar-refractivity contribution in [1.82, 2.24) is 0 Å². The van der Waals surface area contributed by atoms with Gasteiger partial charge in [0.15, 0.2) is 0 Å². The average molecular weight is 623 g/mol. The van der Waals surface area contributed by atoms with E-state index in [1.165, 1.54) is 0 Å². The first-order valence-electron chi connectivity index (χ1n) is 15.4. The summed E-state index contributed by atoms with van der Waals surface area (Å²) in [6, 6.07) is 28.9. The molecule has 0 saturated carbocycles. The summed E-state index contributed by atoms with van der Waals surface area (Å²) >= 11 is 0. The van der Waals surface area contributed by atoms with Crippen molar-refractivity contribution < 1.29 is 38.1 Å². The highest BCUT2D eigenvalue weighted by atomic mass is 16.5. The Morgan fingerprint density at radius 1 is 0.413 bits per heavy atom. The third-order valence-electron chi connectivity index (χ3n) is 7.60. The molecule has 4 aromatic carbocycles. The Bertz CT molecular complexity index is 1490. The van der Waals surface area contributed by atoms with Gasteiger partial charge in [-0.05, 0) is 105 Å². The van der Waals surface area contributed by atoms with Gasteiger partial charge in [0.1, 0.15) is 0 Å². The van der Waals surface area contributed by atoms with Crippen molar-refractivity contribution >= 4 is 23.9 Å². The molecule has 0 fully saturated rings. The molecule has 0 spiro atoms. The normalized spacial score (nSPS) is 11.0. The summed E-state index contributed by atoms with van der Waals surface area (Å²) in [4.78, 5) is 50.0. The molecule has 0 amide bonds. The standard InChI is InChI=1S/C38H38O8/c1-5-43-34(39)27-11-9-26(10-12-27)25-38(31-19-13-28(14-20-31)35(40)44-6-2,32-21-15-29(16-22-32)36(41)45-7-3)33-23-17-30(18-24-33)37(42)46-8-4/h9-24H,5-8,25H2,1-4H3. The Kier molecular flexibility index (Phi) is 11.5. The van der Waals surface area contributed by atoms with Gasteiger partial charge in [-0.25, -0.2) is 19.2 Å². The molecule has 8 heteroatoms. The Balaban J connectivity index is 1.93. The first kappa shape index (κ1) is 33.6. The van der Waals surface area contributed by atoms with Crippen LogP contribution in [-0.2, 0) is 30.8 Å². The number of hydrogen-bond acceptors (Lipinski definition) is 8. The lowest BCUT2D eigenvalue weighted by Crippen LogP contribution is -2.32. The zero-order valence-corrected chi connectivity index (χ0v) is 26.5. The zero-order valence-electron chi connectivity index (χ0n) is 26.5. The molecule has 0 aliphatic carbocycles. The molecule has 0 bridgehead atoms. The largest absolute Gasteiger partial charge is 0.462 e. The molecule has 0 atom stereocenters. The summed E-state index contributed by atoms with van der Waals surface area (Å²) in [6.45, 7) is 8.06. The van der Waals surface area contributed by atoms with Crippen molar-refractivity contribution in [3.8, 4) is 0 Å². The molecular formula is C38H38O8. The molecular weight excluding hydrogens is 584 g/mol. The number of carbonyl (C=O) groups excluding carboxylic acids is 4. The van der Waals surface area contributed by atoms with Crippen LogP contribution >= 0.6 is 0 Å². The predicted octanol–water partition coefficient (Wildman–Crippen LogP) is 6.97. The maximum atomic E-state index is 12.5. The summed E-state index contributed by atoms with van der Waals surface area (Å²) in [7, 11) is 0. The molecule has 238 valence electrons. The average Bonchev–Trinajstić information content (AvgIpc) is 3.08. The van der Waals surface area contributed by atoms with E-state index in [2.05, 4.69) is 0 Å². The number of rotatable bonds is 13. The monoisotopic (exact) mass is 622 g/mol. The fraction of sp³-hybridized carbons (Fsp3) is 0.263. The molecule has 4 aromatic rings. The van der Waals surface area contributed by atoms with E-state index in [1.54, 1.807) is 76.2 Å². The van der Waals surface area contributed by atoms with Gasteiger partial charge in [-0.15, -0.1) is 0 Å². The van der Waals surface area contributed by atoms with Crippen LogP contribution < -0.4 is 0 Å². The van der Waals surface area contributed by atoms with E-state index in [1.807, 2.05) is 48.5 Å². The third kappa shape index (κ3) is 7.51. The number of benzene rings is 4. The smallest absolute Gasteiger partial charge is 0.338 e. The molecule has 0 aromatic heterocycles. The van der Waals surface area contributed by atoms with E-state index in [9.17, 15) is 19.2 Å². The molecule has 0 heterocycles. The van der Waals surface area contributed by atoms with Gasteiger partial charge in [0, 0.05) is 5.41 Å². The van der Waals surface area contributed by atoms with E-state index >= 15 is 0 Å². The van der Waals surface area contributed by atoms with Gasteiger partial charge in [-0.2, -0.15) is 0 Å². The minimum absolute atomic E-state index is 0.256. The second-order valence-electron chi connectivity index (χ2n) is 10.4. The maximum absolute atomic E-state index is 12.5. The topological polar surface area (TPSA) is 105 Å². The summed E-state index contributed by atoms with van der Waals surface area (Å²) < 4.78 is 20.8. The van der Waals surface area contributed by atoms with Gasteiger partial charge in [0.2, 0.25) is 0 Å². The van der Waals surface area contributed by atoms with Crippen molar-refractivity contribution in [2.45, 2.75) is 39.5 Å². The van der Waals surface area contributed by atoms with Crippen LogP contribution in [-0.4, -0.2) is 50.3 Å². The molecule has 0 aliphatic heterocycles. The second kappa shape index (κ2) is 15.7. The predicted molar refractivity (Wildman–Crippen MR) is 173 cm³/mol. The van der Waals surface area contributed by atoms with Gasteiger partial charge >= 0.3 is 23.9 Å². The highest BCUT2D eigenvalue weighted by Crippen LogP contribution is 2.43. The van der Waals surface area contributed by atoms with Gasteiger partial charge < -0.3 is 18.9 Å². The lowest BCUT2D eigenvalue weighted by atomic mass is 9.65. The van der Waals surface area contributed by atoms with Crippen LogP contribution in [0.25, 0.3) is 0 Å². The fourth-order valence-corrected chi connectivity index (χ4v) is 5.40. The molecule has 0 saturated heterocycles. The van der Waals surface area contributed by atoms with Crippen LogP contribution in [0.3, 0.4) is 0 Å². The van der Waals surface area contributed by atoms with Crippen LogP contribution in [0.15, 0.2) is 97.1 Å². The van der Waals surface area contributed by atoms with Crippen molar-refractivity contribution in [3.05, 3.63) is 142 Å². The van der Waals surface area contributed by atoms with Crippen molar-refractivity contribution in [2.24, 2.45) is 0 Å². The highest BCUT2D eigenvalue weighted by Gasteiger charge is 2.37. The molecule has 46 heavy (non-hydrogen) atoms. The number of carbonyl (C=O) groups is 4.